The molecule has 4 rings (SSSR count). The molecule has 0 saturated carbocycles. The molecule has 0 bridgehead atoms. The smallest absolute Gasteiger partial charge is 0.254 e. The highest BCUT2D eigenvalue weighted by atomic mass is 35.5. The first kappa shape index (κ1) is 18.1. The highest BCUT2D eigenvalue weighted by Gasteiger charge is 2.53. The van der Waals surface area contributed by atoms with Gasteiger partial charge in [0.25, 0.3) is 5.91 Å². The Balaban J connectivity index is 1.67. The van der Waals surface area contributed by atoms with E-state index in [-0.39, 0.29) is 22.8 Å². The molecule has 1 fully saturated rings. The van der Waals surface area contributed by atoms with Crippen LogP contribution in [0.1, 0.15) is 33.2 Å². The Morgan fingerprint density at radius 1 is 1.19 bits per heavy atom. The lowest BCUT2D eigenvalue weighted by molar-refractivity contribution is 0.0606. The van der Waals surface area contributed by atoms with E-state index in [9.17, 15) is 14.0 Å². The first-order valence-corrected chi connectivity index (χ1v) is 9.26. The molecule has 2 aliphatic rings. The van der Waals surface area contributed by atoms with E-state index < -0.39 is 11.2 Å². The molecule has 0 spiro atoms. The Bertz CT molecular complexity index is 948. The lowest BCUT2D eigenvalue weighted by atomic mass is 9.78. The Kier molecular flexibility index (Phi) is 4.32. The lowest BCUT2D eigenvalue weighted by Gasteiger charge is -2.32. The summed E-state index contributed by atoms with van der Waals surface area (Å²) in [7, 11) is 1.76. The maximum Gasteiger partial charge on any atom is 0.254 e. The number of hydrogen-bond acceptors (Lipinski definition) is 3. The third-order valence-corrected chi connectivity index (χ3v) is 6.12. The van der Waals surface area contributed by atoms with Gasteiger partial charge >= 0.3 is 0 Å². The first-order chi connectivity index (χ1) is 12.8. The van der Waals surface area contributed by atoms with Gasteiger partial charge < -0.3 is 4.90 Å². The van der Waals surface area contributed by atoms with Gasteiger partial charge in [0, 0.05) is 32.2 Å². The molecule has 6 heteroatoms. The molecule has 0 N–H and O–H groups in total. The number of nitrogens with zero attached hydrogens (tertiary/aromatic N) is 2. The quantitative estimate of drug-likeness (QED) is 0.791. The zero-order valence-corrected chi connectivity index (χ0v) is 16.0. The molecule has 0 aliphatic carbocycles. The molecule has 2 aliphatic heterocycles. The minimum absolute atomic E-state index is 0.00872. The van der Waals surface area contributed by atoms with E-state index in [1.807, 2.05) is 6.92 Å². The van der Waals surface area contributed by atoms with Crippen molar-refractivity contribution in [2.75, 3.05) is 20.1 Å². The number of halogens is 2. The minimum atomic E-state index is -0.706. The van der Waals surface area contributed by atoms with Crippen molar-refractivity contribution in [1.29, 1.82) is 0 Å². The van der Waals surface area contributed by atoms with Gasteiger partial charge in [0.15, 0.2) is 5.78 Å². The van der Waals surface area contributed by atoms with E-state index in [2.05, 4.69) is 4.90 Å². The molecule has 4 nitrogen and oxygen atoms in total. The number of benzene rings is 2. The highest BCUT2D eigenvalue weighted by molar-refractivity contribution is 6.30. The maximum atomic E-state index is 13.8. The number of likely N-dealkylation sites (N-methyl/N-ethyl adjacent to an activating group) is 1. The SMILES string of the molecule is CN1C(=O)c2ccccc2C(=O)[C@@]2(C)CN(Cc3ccc(Cl)c(F)c3)C[C@@H]12. The van der Waals surface area contributed by atoms with Crippen LogP contribution in [0.15, 0.2) is 42.5 Å². The van der Waals surface area contributed by atoms with Crippen molar-refractivity contribution in [3.8, 4) is 0 Å². The van der Waals surface area contributed by atoms with Crippen molar-refractivity contribution in [2.24, 2.45) is 5.41 Å². The van der Waals surface area contributed by atoms with Crippen LogP contribution in [0, 0.1) is 11.2 Å². The number of amides is 1. The summed E-state index contributed by atoms with van der Waals surface area (Å²) in [5, 5.41) is 0.0920. The van der Waals surface area contributed by atoms with Crippen LogP contribution in [0.25, 0.3) is 0 Å². The fraction of sp³-hybridized carbons (Fsp3) is 0.333. The van der Waals surface area contributed by atoms with E-state index >= 15 is 0 Å². The summed E-state index contributed by atoms with van der Waals surface area (Å²) in [5.41, 5.74) is 1.03. The third-order valence-electron chi connectivity index (χ3n) is 5.82. The minimum Gasteiger partial charge on any atom is -0.336 e. The van der Waals surface area contributed by atoms with Gasteiger partial charge in [-0.1, -0.05) is 35.9 Å². The van der Waals surface area contributed by atoms with Crippen molar-refractivity contribution in [3.05, 3.63) is 70.0 Å². The first-order valence-electron chi connectivity index (χ1n) is 8.88. The molecule has 1 saturated heterocycles. The largest absolute Gasteiger partial charge is 0.336 e. The average Bonchev–Trinajstić information content (AvgIpc) is 2.97. The van der Waals surface area contributed by atoms with Crippen LogP contribution in [0.2, 0.25) is 5.02 Å². The van der Waals surface area contributed by atoms with E-state index in [0.29, 0.717) is 30.8 Å². The van der Waals surface area contributed by atoms with Gasteiger partial charge in [0.1, 0.15) is 5.82 Å². The monoisotopic (exact) mass is 386 g/mol. The van der Waals surface area contributed by atoms with Gasteiger partial charge in [-0.2, -0.15) is 0 Å². The number of likely N-dealkylation sites (tertiary alicyclic amines) is 1. The Hall–Kier alpha value is -2.24. The summed E-state index contributed by atoms with van der Waals surface area (Å²) in [6, 6.07) is 11.5. The summed E-state index contributed by atoms with van der Waals surface area (Å²) < 4.78 is 13.8. The summed E-state index contributed by atoms with van der Waals surface area (Å²) >= 11 is 5.76. The molecule has 2 aromatic carbocycles. The molecule has 0 aromatic heterocycles. The van der Waals surface area contributed by atoms with Crippen LogP contribution in [0.3, 0.4) is 0 Å². The predicted octanol–water partition coefficient (Wildman–Crippen LogP) is 3.64. The molecular formula is C21H20ClFN2O2. The molecule has 27 heavy (non-hydrogen) atoms. The second-order valence-electron chi connectivity index (χ2n) is 7.64. The normalized spacial score (nSPS) is 25.3. The van der Waals surface area contributed by atoms with Crippen LogP contribution in [0.5, 0.6) is 0 Å². The Morgan fingerprint density at radius 2 is 1.89 bits per heavy atom. The van der Waals surface area contributed by atoms with Crippen molar-refractivity contribution in [1.82, 2.24) is 9.80 Å². The lowest BCUT2D eigenvalue weighted by Crippen LogP contribution is -2.47. The van der Waals surface area contributed by atoms with E-state index in [1.165, 1.54) is 6.07 Å². The fourth-order valence-corrected chi connectivity index (χ4v) is 4.49. The van der Waals surface area contributed by atoms with Crippen LogP contribution >= 0.6 is 11.6 Å². The Morgan fingerprint density at radius 3 is 2.59 bits per heavy atom. The zero-order chi connectivity index (χ0) is 19.3. The predicted molar refractivity (Wildman–Crippen MR) is 101 cm³/mol. The molecule has 0 unspecified atom stereocenters. The van der Waals surface area contributed by atoms with Gasteiger partial charge in [-0.05, 0) is 30.7 Å². The number of Topliss-reactive ketones (excluding diaryl/α,β-unsaturated/α-hetero) is 1. The highest BCUT2D eigenvalue weighted by Crippen LogP contribution is 2.41. The van der Waals surface area contributed by atoms with Crippen LogP contribution in [-0.2, 0) is 6.54 Å². The second-order valence-corrected chi connectivity index (χ2v) is 8.05. The average molecular weight is 387 g/mol. The summed E-state index contributed by atoms with van der Waals surface area (Å²) in [4.78, 5) is 30.0. The van der Waals surface area contributed by atoms with Crippen LogP contribution < -0.4 is 0 Å². The number of carbonyl (C=O) groups excluding carboxylic acids is 2. The van der Waals surface area contributed by atoms with Gasteiger partial charge in [0.2, 0.25) is 0 Å². The number of carbonyl (C=O) groups is 2. The van der Waals surface area contributed by atoms with Crippen molar-refractivity contribution in [3.63, 3.8) is 0 Å². The summed E-state index contributed by atoms with van der Waals surface area (Å²) in [6.07, 6.45) is 0. The molecule has 2 heterocycles. The maximum absolute atomic E-state index is 13.8. The molecule has 2 aromatic rings. The summed E-state index contributed by atoms with van der Waals surface area (Å²) in [6.45, 7) is 3.49. The summed E-state index contributed by atoms with van der Waals surface area (Å²) in [5.74, 6) is -0.594. The van der Waals surface area contributed by atoms with E-state index in [4.69, 9.17) is 11.6 Å². The van der Waals surface area contributed by atoms with Crippen LogP contribution in [0.4, 0.5) is 4.39 Å². The molecular weight excluding hydrogens is 367 g/mol. The van der Waals surface area contributed by atoms with Crippen molar-refractivity contribution in [2.45, 2.75) is 19.5 Å². The molecule has 2 atom stereocenters. The number of rotatable bonds is 2. The van der Waals surface area contributed by atoms with Crippen molar-refractivity contribution < 1.29 is 14.0 Å². The van der Waals surface area contributed by atoms with Gasteiger partial charge in [-0.3, -0.25) is 14.5 Å². The van der Waals surface area contributed by atoms with E-state index in [1.54, 1.807) is 48.3 Å². The number of ketones is 1. The number of hydrogen-bond donors (Lipinski definition) is 0. The van der Waals surface area contributed by atoms with Gasteiger partial charge in [-0.15, -0.1) is 0 Å². The molecule has 1 amide bonds. The molecule has 0 radical (unpaired) electrons. The second kappa shape index (κ2) is 6.43. The topological polar surface area (TPSA) is 40.6 Å². The standard InChI is InChI=1S/C21H20ClFN2O2/c1-21-12-25(10-13-7-8-16(22)17(23)9-13)11-18(21)24(2)20(27)15-6-4-3-5-14(15)19(21)26/h3-9,18H,10-12H2,1-2H3/t18-,21+/m1/s1. The molecule has 140 valence electrons. The Labute approximate surface area is 162 Å². The fourth-order valence-electron chi connectivity index (χ4n) is 4.38. The van der Waals surface area contributed by atoms with Crippen molar-refractivity contribution >= 4 is 23.3 Å². The van der Waals surface area contributed by atoms with Gasteiger partial charge in [0.05, 0.1) is 22.0 Å². The van der Waals surface area contributed by atoms with E-state index in [0.717, 1.165) is 5.56 Å². The number of fused-ring (bicyclic) bond motifs is 2. The van der Waals surface area contributed by atoms with Gasteiger partial charge in [-0.25, -0.2) is 4.39 Å². The zero-order valence-electron chi connectivity index (χ0n) is 15.2. The third kappa shape index (κ3) is 2.86. The van der Waals surface area contributed by atoms with Crippen LogP contribution in [-0.4, -0.2) is 47.7 Å².